The molecule has 4 heterocycles. The van der Waals surface area contributed by atoms with Crippen molar-refractivity contribution >= 4 is 72.1 Å². The first kappa shape index (κ1) is 35.0. The lowest BCUT2D eigenvalue weighted by molar-refractivity contribution is 0.255. The van der Waals surface area contributed by atoms with Crippen LogP contribution in [0.25, 0.3) is 20.4 Å². The van der Waals surface area contributed by atoms with Crippen LogP contribution in [0.3, 0.4) is 0 Å². The summed E-state index contributed by atoms with van der Waals surface area (Å²) >= 11 is 2.91. The molecule has 0 unspecified atom stereocenters. The Balaban J connectivity index is 1.23. The zero-order chi connectivity index (χ0) is 37.6. The number of amides is 2. The molecule has 11 nitrogen and oxygen atoms in total. The summed E-state index contributed by atoms with van der Waals surface area (Å²) < 4.78 is 14.6. The SMILES string of the molecule is CC(C)(C)c1cc(N(C(=O)N(c2cccc(Oc3nc4ccccc4s3)c2)c2cccc(Oc3nc4ccccc4s3)c2)c2cc(C(C)(C)C)n[nH]2)[nH]n1. The van der Waals surface area contributed by atoms with Crippen molar-refractivity contribution < 1.29 is 14.3 Å². The van der Waals surface area contributed by atoms with Gasteiger partial charge in [-0.3, -0.25) is 15.1 Å². The van der Waals surface area contributed by atoms with E-state index < -0.39 is 6.03 Å². The number of aromatic amines is 2. The van der Waals surface area contributed by atoms with Crippen LogP contribution in [-0.4, -0.2) is 36.4 Å². The molecule has 0 atom stereocenters. The number of anilines is 4. The first-order valence-corrected chi connectivity index (χ1v) is 19.1. The molecule has 8 aromatic rings. The fourth-order valence-electron chi connectivity index (χ4n) is 5.79. The number of benzene rings is 4. The molecule has 0 aliphatic carbocycles. The van der Waals surface area contributed by atoms with E-state index in [0.717, 1.165) is 31.8 Å². The number of hydrogen-bond donors (Lipinski definition) is 2. The summed E-state index contributed by atoms with van der Waals surface area (Å²) in [5.74, 6) is 1.99. The Labute approximate surface area is 320 Å². The second-order valence-corrected chi connectivity index (χ2v) is 16.8. The summed E-state index contributed by atoms with van der Waals surface area (Å²) in [5, 5.41) is 16.5. The van der Waals surface area contributed by atoms with Crippen LogP contribution in [0.1, 0.15) is 52.9 Å². The van der Waals surface area contributed by atoms with Crippen molar-refractivity contribution in [3.8, 4) is 21.9 Å². The van der Waals surface area contributed by atoms with Gasteiger partial charge >= 0.3 is 6.03 Å². The Bertz CT molecular complexity index is 2370. The number of H-pyrrole nitrogens is 2. The van der Waals surface area contributed by atoms with Gasteiger partial charge in [-0.15, -0.1) is 0 Å². The molecule has 4 aromatic carbocycles. The van der Waals surface area contributed by atoms with Gasteiger partial charge in [0.05, 0.1) is 43.2 Å². The largest absolute Gasteiger partial charge is 0.431 e. The maximum absolute atomic E-state index is 15.4. The Morgan fingerprint density at radius 3 is 1.43 bits per heavy atom. The van der Waals surface area contributed by atoms with Crippen molar-refractivity contribution in [2.45, 2.75) is 52.4 Å². The quantitative estimate of drug-likeness (QED) is 0.158. The highest BCUT2D eigenvalue weighted by atomic mass is 32.1. The van der Waals surface area contributed by atoms with Gasteiger partial charge in [0.2, 0.25) is 0 Å². The number of carbonyl (C=O) groups excluding carboxylic acids is 1. The molecule has 0 fully saturated rings. The molecule has 0 bridgehead atoms. The van der Waals surface area contributed by atoms with Gasteiger partial charge in [-0.1, -0.05) is 101 Å². The van der Waals surface area contributed by atoms with E-state index in [1.807, 2.05) is 109 Å². The van der Waals surface area contributed by atoms with E-state index in [0.29, 0.717) is 44.9 Å². The number of rotatable bonds is 8. The normalized spacial score (nSPS) is 12.0. The second-order valence-electron chi connectivity index (χ2n) is 14.8. The van der Waals surface area contributed by atoms with E-state index in [2.05, 4.69) is 71.9 Å². The van der Waals surface area contributed by atoms with Crippen molar-refractivity contribution in [3.05, 3.63) is 121 Å². The highest BCUT2D eigenvalue weighted by Crippen LogP contribution is 2.39. The average Bonchev–Trinajstić information content (AvgIpc) is 3.95. The standard InChI is InChI=1S/C41H38N8O3S2/c1-40(2,3)33-23-35(46-44-33)49(36-24-34(45-47-36)41(4,5)6)39(50)48(25-13-11-15-27(21-25)51-37-42-29-17-7-9-19-31(29)53-37)26-14-12-16-28(22-26)52-38-43-30-18-8-10-20-32(30)54-38/h7-24H,1-6H3,(H,44,46)(H,45,47). The highest BCUT2D eigenvalue weighted by Gasteiger charge is 2.32. The van der Waals surface area contributed by atoms with Gasteiger partial charge in [0.1, 0.15) is 23.1 Å². The van der Waals surface area contributed by atoms with Crippen molar-refractivity contribution in [1.29, 1.82) is 0 Å². The second kappa shape index (κ2) is 13.7. The molecule has 8 rings (SSSR count). The van der Waals surface area contributed by atoms with Crippen molar-refractivity contribution in [2.24, 2.45) is 0 Å². The zero-order valence-corrected chi connectivity index (χ0v) is 32.2. The van der Waals surface area contributed by atoms with Gasteiger partial charge in [0, 0.05) is 35.1 Å². The third-order valence-electron chi connectivity index (χ3n) is 8.64. The van der Waals surface area contributed by atoms with Crippen LogP contribution in [0.5, 0.6) is 21.9 Å². The van der Waals surface area contributed by atoms with Crippen LogP contribution in [0.2, 0.25) is 0 Å². The topological polar surface area (TPSA) is 125 Å². The Kier molecular flexibility index (Phi) is 8.90. The van der Waals surface area contributed by atoms with E-state index in [1.54, 1.807) is 9.80 Å². The first-order chi connectivity index (χ1) is 25.9. The molecular weight excluding hydrogens is 717 g/mol. The smallest absolute Gasteiger partial charge is 0.340 e. The molecule has 0 spiro atoms. The Morgan fingerprint density at radius 1 is 0.574 bits per heavy atom. The van der Waals surface area contributed by atoms with E-state index in [1.165, 1.54) is 22.7 Å². The number of fused-ring (bicyclic) bond motifs is 2. The summed E-state index contributed by atoms with van der Waals surface area (Å²) in [6, 6.07) is 33.9. The number of nitrogens with one attached hydrogen (secondary N) is 2. The van der Waals surface area contributed by atoms with Crippen LogP contribution in [0.15, 0.2) is 109 Å². The van der Waals surface area contributed by atoms with Crippen LogP contribution in [-0.2, 0) is 10.8 Å². The molecule has 2 N–H and O–H groups in total. The molecule has 0 saturated carbocycles. The minimum atomic E-state index is -0.405. The van der Waals surface area contributed by atoms with Crippen LogP contribution in [0, 0.1) is 0 Å². The maximum atomic E-state index is 15.4. The van der Waals surface area contributed by atoms with E-state index >= 15 is 4.79 Å². The predicted octanol–water partition coefficient (Wildman–Crippen LogP) is 11.6. The number of aromatic nitrogens is 6. The lowest BCUT2D eigenvalue weighted by Crippen LogP contribution is -2.38. The number of nitrogens with zero attached hydrogens (tertiary/aromatic N) is 6. The minimum absolute atomic E-state index is 0.272. The molecule has 2 amide bonds. The third-order valence-corrected chi connectivity index (χ3v) is 10.5. The molecule has 0 aliphatic rings. The van der Waals surface area contributed by atoms with Gasteiger partial charge in [0.15, 0.2) is 0 Å². The zero-order valence-electron chi connectivity index (χ0n) is 30.6. The van der Waals surface area contributed by atoms with E-state index in [4.69, 9.17) is 9.47 Å². The summed E-state index contributed by atoms with van der Waals surface area (Å²) in [7, 11) is 0. The first-order valence-electron chi connectivity index (χ1n) is 17.4. The van der Waals surface area contributed by atoms with Crippen molar-refractivity contribution in [2.75, 3.05) is 9.80 Å². The number of thiazole rings is 2. The Morgan fingerprint density at radius 2 is 1.02 bits per heavy atom. The van der Waals surface area contributed by atoms with Gasteiger partial charge in [-0.05, 0) is 48.5 Å². The van der Waals surface area contributed by atoms with E-state index in [-0.39, 0.29) is 10.8 Å². The number of para-hydroxylation sites is 2. The van der Waals surface area contributed by atoms with Crippen molar-refractivity contribution in [1.82, 2.24) is 30.4 Å². The lowest BCUT2D eigenvalue weighted by atomic mass is 9.92. The van der Waals surface area contributed by atoms with Crippen molar-refractivity contribution in [3.63, 3.8) is 0 Å². The number of hydrogen-bond acceptors (Lipinski definition) is 9. The number of carbonyl (C=O) groups is 1. The molecule has 0 saturated heterocycles. The Hall–Kier alpha value is -6.05. The molecule has 0 radical (unpaired) electrons. The number of ether oxygens (including phenoxy) is 2. The molecular formula is C41H38N8O3S2. The summed E-state index contributed by atoms with van der Waals surface area (Å²) in [6.45, 7) is 12.5. The molecule has 0 aliphatic heterocycles. The van der Waals surface area contributed by atoms with E-state index in [9.17, 15) is 0 Å². The van der Waals surface area contributed by atoms with Gasteiger partial charge < -0.3 is 9.47 Å². The average molecular weight is 755 g/mol. The van der Waals surface area contributed by atoms with Gasteiger partial charge in [-0.25, -0.2) is 19.7 Å². The monoisotopic (exact) mass is 754 g/mol. The predicted molar refractivity (Wildman–Crippen MR) is 217 cm³/mol. The lowest BCUT2D eigenvalue weighted by Gasteiger charge is -2.29. The fraction of sp³-hybridized carbons (Fsp3) is 0.195. The van der Waals surface area contributed by atoms with Crippen LogP contribution < -0.4 is 19.3 Å². The van der Waals surface area contributed by atoms with Crippen LogP contribution >= 0.6 is 22.7 Å². The van der Waals surface area contributed by atoms with Gasteiger partial charge in [0.25, 0.3) is 10.4 Å². The number of urea groups is 1. The highest BCUT2D eigenvalue weighted by molar-refractivity contribution is 7.20. The molecule has 54 heavy (non-hydrogen) atoms. The molecule has 4 aromatic heterocycles. The molecule has 13 heteroatoms. The van der Waals surface area contributed by atoms with Crippen LogP contribution in [0.4, 0.5) is 27.8 Å². The fourth-order valence-corrected chi connectivity index (χ4v) is 7.46. The molecule has 272 valence electrons. The van der Waals surface area contributed by atoms with Gasteiger partial charge in [-0.2, -0.15) is 10.2 Å². The summed E-state index contributed by atoms with van der Waals surface area (Å²) in [4.78, 5) is 27.9. The maximum Gasteiger partial charge on any atom is 0.340 e. The summed E-state index contributed by atoms with van der Waals surface area (Å²) in [5.41, 5.74) is 3.87. The summed E-state index contributed by atoms with van der Waals surface area (Å²) in [6.07, 6.45) is 0. The third kappa shape index (κ3) is 7.15. The minimum Gasteiger partial charge on any atom is -0.431 e.